The minimum Gasteiger partial charge on any atom is -0.455 e. The third-order valence-electron chi connectivity index (χ3n) is 9.30. The van der Waals surface area contributed by atoms with Crippen LogP contribution in [-0.4, -0.2) is 36.5 Å². The summed E-state index contributed by atoms with van der Waals surface area (Å²) in [6.45, 7) is 4.22. The Labute approximate surface area is 253 Å². The Balaban J connectivity index is 0.999. The van der Waals surface area contributed by atoms with Crippen molar-refractivity contribution in [3.05, 3.63) is 23.8 Å². The SMILES string of the molecule is CCCCCCCCCCCC/C=C\CC[C@H]1O[C@@H]1CC[C@H]1O[C@@H]1CCCCCCCCCCC1=C[C@@H](C)OC1=O. The van der Waals surface area contributed by atoms with Gasteiger partial charge in [-0.1, -0.05) is 122 Å². The van der Waals surface area contributed by atoms with E-state index in [-0.39, 0.29) is 12.1 Å². The molecule has 0 aromatic heterocycles. The summed E-state index contributed by atoms with van der Waals surface area (Å²) < 4.78 is 17.0. The number of hydrogen-bond acceptors (Lipinski definition) is 4. The number of esters is 1. The van der Waals surface area contributed by atoms with Crippen LogP contribution in [0, 0.1) is 0 Å². The first-order chi connectivity index (χ1) is 20.2. The zero-order valence-corrected chi connectivity index (χ0v) is 26.9. The van der Waals surface area contributed by atoms with E-state index in [4.69, 9.17) is 14.2 Å². The summed E-state index contributed by atoms with van der Waals surface area (Å²) in [4.78, 5) is 11.6. The summed E-state index contributed by atoms with van der Waals surface area (Å²) in [6.07, 6.45) is 41.3. The highest BCUT2D eigenvalue weighted by Crippen LogP contribution is 2.36. The van der Waals surface area contributed by atoms with Gasteiger partial charge in [0.05, 0.1) is 24.4 Å². The van der Waals surface area contributed by atoms with Crippen molar-refractivity contribution in [2.24, 2.45) is 0 Å². The second-order valence-electron chi connectivity index (χ2n) is 13.2. The van der Waals surface area contributed by atoms with Gasteiger partial charge in [-0.15, -0.1) is 0 Å². The van der Waals surface area contributed by atoms with Gasteiger partial charge in [-0.2, -0.15) is 0 Å². The van der Waals surface area contributed by atoms with Gasteiger partial charge in [-0.25, -0.2) is 4.79 Å². The van der Waals surface area contributed by atoms with Crippen molar-refractivity contribution in [2.75, 3.05) is 0 Å². The molecule has 5 atom stereocenters. The summed E-state index contributed by atoms with van der Waals surface area (Å²) in [7, 11) is 0. The van der Waals surface area contributed by atoms with Crippen molar-refractivity contribution in [3.63, 3.8) is 0 Å². The number of ether oxygens (including phenoxy) is 3. The summed E-state index contributed by atoms with van der Waals surface area (Å²) in [5.41, 5.74) is 0.889. The molecule has 2 saturated heterocycles. The Morgan fingerprint density at radius 2 is 1.07 bits per heavy atom. The molecule has 4 nitrogen and oxygen atoms in total. The van der Waals surface area contributed by atoms with E-state index in [2.05, 4.69) is 19.1 Å². The van der Waals surface area contributed by atoms with Gasteiger partial charge < -0.3 is 14.2 Å². The molecule has 0 aromatic carbocycles. The van der Waals surface area contributed by atoms with Gasteiger partial charge in [-0.05, 0) is 70.8 Å². The van der Waals surface area contributed by atoms with Crippen molar-refractivity contribution >= 4 is 5.97 Å². The van der Waals surface area contributed by atoms with Crippen LogP contribution in [0.2, 0.25) is 0 Å². The van der Waals surface area contributed by atoms with Crippen molar-refractivity contribution in [3.8, 4) is 0 Å². The van der Waals surface area contributed by atoms with Crippen molar-refractivity contribution < 1.29 is 19.0 Å². The average molecular weight is 573 g/mol. The van der Waals surface area contributed by atoms with E-state index in [1.807, 2.05) is 13.0 Å². The topological polar surface area (TPSA) is 51.4 Å². The maximum atomic E-state index is 11.6. The Morgan fingerprint density at radius 1 is 0.585 bits per heavy atom. The largest absolute Gasteiger partial charge is 0.455 e. The molecule has 236 valence electrons. The third kappa shape index (κ3) is 16.3. The van der Waals surface area contributed by atoms with Gasteiger partial charge >= 0.3 is 5.97 Å². The number of cyclic esters (lactones) is 1. The minimum absolute atomic E-state index is 0.0280. The van der Waals surface area contributed by atoms with Crippen molar-refractivity contribution in [1.82, 2.24) is 0 Å². The second-order valence-corrected chi connectivity index (χ2v) is 13.2. The maximum Gasteiger partial charge on any atom is 0.334 e. The van der Waals surface area contributed by atoms with Crippen LogP contribution in [-0.2, 0) is 19.0 Å². The molecule has 0 saturated carbocycles. The first kappa shape index (κ1) is 34.4. The zero-order valence-electron chi connectivity index (χ0n) is 26.9. The quantitative estimate of drug-likeness (QED) is 0.0405. The zero-order chi connectivity index (χ0) is 29.0. The van der Waals surface area contributed by atoms with Crippen LogP contribution in [0.1, 0.15) is 174 Å². The Hall–Kier alpha value is -1.13. The molecule has 3 rings (SSSR count). The fraction of sp³-hybridized carbons (Fsp3) is 0.865. The van der Waals surface area contributed by atoms with Crippen LogP contribution in [0.15, 0.2) is 23.8 Å². The molecular formula is C37H64O4. The first-order valence-corrected chi connectivity index (χ1v) is 18.0. The van der Waals surface area contributed by atoms with Gasteiger partial charge in [0.2, 0.25) is 0 Å². The summed E-state index contributed by atoms with van der Waals surface area (Å²) in [5, 5.41) is 0. The van der Waals surface area contributed by atoms with E-state index in [0.29, 0.717) is 24.4 Å². The predicted molar refractivity (Wildman–Crippen MR) is 171 cm³/mol. The van der Waals surface area contributed by atoms with Crippen LogP contribution in [0.5, 0.6) is 0 Å². The monoisotopic (exact) mass is 572 g/mol. The molecule has 0 radical (unpaired) electrons. The smallest absolute Gasteiger partial charge is 0.334 e. The highest BCUT2D eigenvalue weighted by Gasteiger charge is 2.42. The van der Waals surface area contributed by atoms with Gasteiger partial charge in [0.25, 0.3) is 0 Å². The molecule has 0 amide bonds. The maximum absolute atomic E-state index is 11.6. The number of carbonyl (C=O) groups is 1. The van der Waals surface area contributed by atoms with Crippen LogP contribution in [0.25, 0.3) is 0 Å². The fourth-order valence-electron chi connectivity index (χ4n) is 6.49. The van der Waals surface area contributed by atoms with Crippen molar-refractivity contribution in [2.45, 2.75) is 205 Å². The summed E-state index contributed by atoms with van der Waals surface area (Å²) in [6, 6.07) is 0. The van der Waals surface area contributed by atoms with Crippen LogP contribution in [0.4, 0.5) is 0 Å². The lowest BCUT2D eigenvalue weighted by atomic mass is 10.0. The molecule has 0 N–H and O–H groups in total. The van der Waals surface area contributed by atoms with E-state index in [1.165, 1.54) is 148 Å². The van der Waals surface area contributed by atoms with E-state index in [1.54, 1.807) is 0 Å². The second kappa shape index (κ2) is 21.5. The molecule has 3 heterocycles. The van der Waals surface area contributed by atoms with Crippen LogP contribution >= 0.6 is 0 Å². The lowest BCUT2D eigenvalue weighted by Crippen LogP contribution is -2.03. The number of unbranched alkanes of at least 4 members (excludes halogenated alkanes) is 17. The highest BCUT2D eigenvalue weighted by molar-refractivity contribution is 5.90. The molecule has 3 aliphatic heterocycles. The minimum atomic E-state index is -0.0995. The molecule has 3 aliphatic rings. The normalized spacial score (nSPS) is 25.2. The Kier molecular flexibility index (Phi) is 18.1. The molecule has 2 fully saturated rings. The van der Waals surface area contributed by atoms with Gasteiger partial charge in [-0.3, -0.25) is 0 Å². The lowest BCUT2D eigenvalue weighted by molar-refractivity contribution is -0.139. The van der Waals surface area contributed by atoms with Gasteiger partial charge in [0.15, 0.2) is 0 Å². The third-order valence-corrected chi connectivity index (χ3v) is 9.30. The standard InChI is InChI=1S/C37H64O4/c1-3-4-5-6-7-8-9-10-11-12-13-17-20-23-26-33-35(40-33)28-29-36-34(41-36)27-24-21-18-15-14-16-19-22-25-32-30-31(2)39-37(32)38/h17,20,30-31,33-36H,3-16,18-19,21-29H2,1-2H3/b20-17-/t31-,33-,34-,35-,36-/m1/s1. The number of hydrogen-bond donors (Lipinski definition) is 0. The average Bonchev–Trinajstić information content (AvgIpc) is 3.87. The van der Waals surface area contributed by atoms with E-state index in [9.17, 15) is 4.79 Å². The summed E-state index contributed by atoms with van der Waals surface area (Å²) >= 11 is 0. The highest BCUT2D eigenvalue weighted by atomic mass is 16.6. The molecule has 0 aliphatic carbocycles. The molecule has 41 heavy (non-hydrogen) atoms. The van der Waals surface area contributed by atoms with Gasteiger partial charge in [0.1, 0.15) is 6.10 Å². The lowest BCUT2D eigenvalue weighted by Gasteiger charge is -2.02. The van der Waals surface area contributed by atoms with E-state index < -0.39 is 0 Å². The van der Waals surface area contributed by atoms with E-state index >= 15 is 0 Å². The predicted octanol–water partition coefficient (Wildman–Crippen LogP) is 10.7. The molecule has 0 aromatic rings. The molecular weight excluding hydrogens is 508 g/mol. The number of rotatable bonds is 28. The fourth-order valence-corrected chi connectivity index (χ4v) is 6.49. The van der Waals surface area contributed by atoms with Crippen LogP contribution in [0.3, 0.4) is 0 Å². The molecule has 0 spiro atoms. The molecule has 0 unspecified atom stereocenters. The number of carbonyl (C=O) groups excluding carboxylic acids is 1. The van der Waals surface area contributed by atoms with Gasteiger partial charge in [0, 0.05) is 5.57 Å². The first-order valence-electron chi connectivity index (χ1n) is 18.0. The molecule has 4 heteroatoms. The van der Waals surface area contributed by atoms with Crippen LogP contribution < -0.4 is 0 Å². The Morgan fingerprint density at radius 3 is 1.66 bits per heavy atom. The number of epoxide rings is 2. The Bertz CT molecular complexity index is 743. The van der Waals surface area contributed by atoms with E-state index in [0.717, 1.165) is 18.4 Å². The number of allylic oxidation sites excluding steroid dienone is 2. The summed E-state index contributed by atoms with van der Waals surface area (Å²) in [5.74, 6) is -0.0995. The molecule has 0 bridgehead atoms. The van der Waals surface area contributed by atoms with Crippen molar-refractivity contribution in [1.29, 1.82) is 0 Å².